The highest BCUT2D eigenvalue weighted by molar-refractivity contribution is 7.99. The van der Waals surface area contributed by atoms with Crippen molar-refractivity contribution >= 4 is 23.4 Å². The number of anilines is 1. The smallest absolute Gasteiger partial charge is 0.176 e. The Kier molecular flexibility index (Phi) is 3.95. The molecule has 0 radical (unpaired) electrons. The Balaban J connectivity index is 2.83. The summed E-state index contributed by atoms with van der Waals surface area (Å²) in [4.78, 5) is 15.6. The zero-order valence-corrected chi connectivity index (χ0v) is 9.23. The number of nitrogens with two attached hydrogens (primary N) is 1. The minimum absolute atomic E-state index is 0.0607. The number of carbonyl (C=O) groups is 1. The number of Topliss-reactive ketones (excluding diaryl/α,β-unsaturated/α-hetero) is 1. The molecule has 3 nitrogen and oxygen atoms in total. The average Bonchev–Trinajstić information content (AvgIpc) is 2.18. The molecule has 1 heterocycles. The van der Waals surface area contributed by atoms with Gasteiger partial charge in [0, 0.05) is 6.20 Å². The second-order valence-electron chi connectivity index (χ2n) is 3.01. The molecule has 0 spiro atoms. The van der Waals surface area contributed by atoms with Crippen LogP contribution in [0.5, 0.6) is 0 Å². The van der Waals surface area contributed by atoms with Crippen molar-refractivity contribution in [3.8, 4) is 0 Å². The molecule has 2 N–H and O–H groups in total. The van der Waals surface area contributed by atoms with Crippen LogP contribution in [0.4, 0.5) is 5.82 Å². The number of nitrogens with zero attached hydrogens (tertiary/aromatic N) is 1. The van der Waals surface area contributed by atoms with E-state index in [4.69, 9.17) is 5.73 Å². The Bertz CT molecular complexity index is 339. The van der Waals surface area contributed by atoms with E-state index in [0.717, 1.165) is 11.3 Å². The van der Waals surface area contributed by atoms with Crippen molar-refractivity contribution in [2.24, 2.45) is 0 Å². The fourth-order valence-electron chi connectivity index (χ4n) is 1.08. The summed E-state index contributed by atoms with van der Waals surface area (Å²) in [7, 11) is 0. The molecule has 1 aromatic heterocycles. The highest BCUT2D eigenvalue weighted by atomic mass is 32.2. The maximum atomic E-state index is 11.6. The zero-order valence-electron chi connectivity index (χ0n) is 8.41. The first-order chi connectivity index (χ1) is 6.65. The number of nitrogen functional groups attached to an aromatic ring is 1. The minimum Gasteiger partial charge on any atom is -0.383 e. The number of hydrogen-bond acceptors (Lipinski definition) is 4. The Morgan fingerprint density at radius 2 is 2.36 bits per heavy atom. The largest absolute Gasteiger partial charge is 0.383 e. The van der Waals surface area contributed by atoms with Crippen molar-refractivity contribution in [2.45, 2.75) is 13.8 Å². The summed E-state index contributed by atoms with van der Waals surface area (Å²) in [6, 6.07) is 1.79. The van der Waals surface area contributed by atoms with Gasteiger partial charge in [-0.2, -0.15) is 11.8 Å². The molecule has 1 rings (SSSR count). The van der Waals surface area contributed by atoms with Gasteiger partial charge >= 0.3 is 0 Å². The molecule has 14 heavy (non-hydrogen) atoms. The number of ketones is 1. The lowest BCUT2D eigenvalue weighted by molar-refractivity contribution is 0.102. The summed E-state index contributed by atoms with van der Waals surface area (Å²) < 4.78 is 0. The summed E-state index contributed by atoms with van der Waals surface area (Å²) >= 11 is 1.59. The van der Waals surface area contributed by atoms with Crippen molar-refractivity contribution in [1.29, 1.82) is 0 Å². The fraction of sp³-hybridized carbons (Fsp3) is 0.400. The van der Waals surface area contributed by atoms with E-state index in [9.17, 15) is 4.79 Å². The zero-order chi connectivity index (χ0) is 10.6. The monoisotopic (exact) mass is 210 g/mol. The van der Waals surface area contributed by atoms with E-state index in [1.807, 2.05) is 13.8 Å². The molecule has 0 aliphatic carbocycles. The molecule has 0 saturated heterocycles. The van der Waals surface area contributed by atoms with Gasteiger partial charge in [-0.3, -0.25) is 4.79 Å². The second-order valence-corrected chi connectivity index (χ2v) is 4.28. The van der Waals surface area contributed by atoms with Gasteiger partial charge in [-0.1, -0.05) is 6.92 Å². The molecule has 76 valence electrons. The predicted molar refractivity (Wildman–Crippen MR) is 60.7 cm³/mol. The van der Waals surface area contributed by atoms with Crippen LogP contribution in [-0.4, -0.2) is 22.3 Å². The SMILES string of the molecule is CCSCC(=O)c1cc(C)cnc1N. The van der Waals surface area contributed by atoms with Gasteiger partial charge in [-0.15, -0.1) is 0 Å². The summed E-state index contributed by atoms with van der Waals surface area (Å²) in [6.07, 6.45) is 1.67. The molecule has 4 heteroatoms. The van der Waals surface area contributed by atoms with Crippen LogP contribution in [-0.2, 0) is 0 Å². The molecule has 0 atom stereocenters. The van der Waals surface area contributed by atoms with E-state index >= 15 is 0 Å². The molecule has 0 aromatic carbocycles. The molecule has 0 bridgehead atoms. The molecule has 0 saturated carbocycles. The first-order valence-electron chi connectivity index (χ1n) is 4.48. The van der Waals surface area contributed by atoms with Gasteiger partial charge < -0.3 is 5.73 Å². The van der Waals surface area contributed by atoms with E-state index in [0.29, 0.717) is 17.1 Å². The first kappa shape index (κ1) is 11.0. The van der Waals surface area contributed by atoms with Crippen molar-refractivity contribution in [3.05, 3.63) is 23.4 Å². The number of rotatable bonds is 4. The van der Waals surface area contributed by atoms with E-state index in [1.54, 1.807) is 24.0 Å². The number of hydrogen-bond donors (Lipinski definition) is 1. The standard InChI is InChI=1S/C10H14N2OS/c1-3-14-6-9(13)8-4-7(2)5-12-10(8)11/h4-5H,3,6H2,1-2H3,(H2,11,12). The number of carbonyl (C=O) groups excluding carboxylic acids is 1. The maximum Gasteiger partial charge on any atom is 0.176 e. The lowest BCUT2D eigenvalue weighted by Crippen LogP contribution is -2.08. The van der Waals surface area contributed by atoms with E-state index in [-0.39, 0.29) is 5.78 Å². The van der Waals surface area contributed by atoms with Crippen LogP contribution in [0.1, 0.15) is 22.8 Å². The van der Waals surface area contributed by atoms with Crippen molar-refractivity contribution in [3.63, 3.8) is 0 Å². The summed E-state index contributed by atoms with van der Waals surface area (Å²) in [5.74, 6) is 1.80. The number of thioether (sulfide) groups is 1. The van der Waals surface area contributed by atoms with Crippen LogP contribution in [0.15, 0.2) is 12.3 Å². The quantitative estimate of drug-likeness (QED) is 0.771. The maximum absolute atomic E-state index is 11.6. The fourth-order valence-corrected chi connectivity index (χ4v) is 1.62. The van der Waals surface area contributed by atoms with Gasteiger partial charge in [-0.05, 0) is 24.3 Å². The molecular weight excluding hydrogens is 196 g/mol. The summed E-state index contributed by atoms with van der Waals surface area (Å²) in [5, 5.41) is 0. The predicted octanol–water partition coefficient (Wildman–Crippen LogP) is 1.91. The third-order valence-corrected chi connectivity index (χ3v) is 2.67. The van der Waals surface area contributed by atoms with Gasteiger partial charge in [0.25, 0.3) is 0 Å². The average molecular weight is 210 g/mol. The Morgan fingerprint density at radius 3 is 3.00 bits per heavy atom. The number of aryl methyl sites for hydroxylation is 1. The molecule has 0 aliphatic heterocycles. The van der Waals surface area contributed by atoms with Crippen LogP contribution in [0.25, 0.3) is 0 Å². The first-order valence-corrected chi connectivity index (χ1v) is 5.63. The van der Waals surface area contributed by atoms with Crippen LogP contribution < -0.4 is 5.73 Å². The van der Waals surface area contributed by atoms with E-state index < -0.39 is 0 Å². The van der Waals surface area contributed by atoms with Crippen LogP contribution in [0, 0.1) is 6.92 Å². The minimum atomic E-state index is 0.0607. The van der Waals surface area contributed by atoms with E-state index in [1.165, 1.54) is 0 Å². The van der Waals surface area contributed by atoms with Crippen LogP contribution >= 0.6 is 11.8 Å². The normalized spacial score (nSPS) is 10.1. The molecule has 0 aliphatic rings. The van der Waals surface area contributed by atoms with Crippen molar-refractivity contribution in [2.75, 3.05) is 17.2 Å². The lowest BCUT2D eigenvalue weighted by Gasteiger charge is -2.04. The van der Waals surface area contributed by atoms with E-state index in [2.05, 4.69) is 4.98 Å². The molecule has 0 amide bonds. The molecule has 0 unspecified atom stereocenters. The molecular formula is C10H14N2OS. The Labute approximate surface area is 88.1 Å². The highest BCUT2D eigenvalue weighted by Gasteiger charge is 2.10. The summed E-state index contributed by atoms with van der Waals surface area (Å²) in [6.45, 7) is 3.92. The topological polar surface area (TPSA) is 56.0 Å². The molecule has 0 fully saturated rings. The van der Waals surface area contributed by atoms with Crippen molar-refractivity contribution < 1.29 is 4.79 Å². The second kappa shape index (κ2) is 5.00. The molecule has 1 aromatic rings. The number of pyridine rings is 1. The lowest BCUT2D eigenvalue weighted by atomic mass is 10.1. The third-order valence-electron chi connectivity index (χ3n) is 1.79. The van der Waals surface area contributed by atoms with Crippen LogP contribution in [0.2, 0.25) is 0 Å². The Morgan fingerprint density at radius 1 is 1.64 bits per heavy atom. The van der Waals surface area contributed by atoms with Gasteiger partial charge in [0.05, 0.1) is 11.3 Å². The van der Waals surface area contributed by atoms with Crippen molar-refractivity contribution in [1.82, 2.24) is 4.98 Å². The van der Waals surface area contributed by atoms with Gasteiger partial charge in [0.15, 0.2) is 5.78 Å². The number of aromatic nitrogens is 1. The van der Waals surface area contributed by atoms with Gasteiger partial charge in [-0.25, -0.2) is 4.98 Å². The third kappa shape index (κ3) is 2.73. The van der Waals surface area contributed by atoms with Gasteiger partial charge in [0.1, 0.15) is 5.82 Å². The summed E-state index contributed by atoms with van der Waals surface area (Å²) in [5.41, 5.74) is 7.13. The van der Waals surface area contributed by atoms with Gasteiger partial charge in [0.2, 0.25) is 0 Å². The Hall–Kier alpha value is -1.03. The highest BCUT2D eigenvalue weighted by Crippen LogP contribution is 2.13. The van der Waals surface area contributed by atoms with Crippen LogP contribution in [0.3, 0.4) is 0 Å².